The third-order valence-corrected chi connectivity index (χ3v) is 5.24. The number of nitro groups is 1. The summed E-state index contributed by atoms with van der Waals surface area (Å²) in [4.78, 5) is 38.0. The zero-order valence-corrected chi connectivity index (χ0v) is 17.0. The number of aliphatic hydroxyl groups excluding tert-OH is 1. The molecule has 0 unspecified atom stereocenters. The zero-order chi connectivity index (χ0) is 22.8. The van der Waals surface area contributed by atoms with Crippen molar-refractivity contribution >= 4 is 28.8 Å². The number of benzene rings is 3. The molecule has 0 saturated carbocycles. The predicted molar refractivity (Wildman–Crippen MR) is 117 cm³/mol. The van der Waals surface area contributed by atoms with Gasteiger partial charge in [-0.3, -0.25) is 24.6 Å². The van der Waals surface area contributed by atoms with Gasteiger partial charge in [0.2, 0.25) is 0 Å². The molecule has 1 aliphatic heterocycles. The van der Waals surface area contributed by atoms with E-state index in [9.17, 15) is 24.8 Å². The molecular formula is C24H18N2O6. The van der Waals surface area contributed by atoms with Gasteiger partial charge in [0, 0.05) is 17.7 Å². The molecule has 0 bridgehead atoms. The minimum Gasteiger partial charge on any atom is -0.507 e. The maximum absolute atomic E-state index is 13.1. The molecule has 1 atom stereocenters. The highest BCUT2D eigenvalue weighted by molar-refractivity contribution is 6.51. The number of anilines is 1. The van der Waals surface area contributed by atoms with Crippen LogP contribution >= 0.6 is 0 Å². The second-order valence-corrected chi connectivity index (χ2v) is 7.09. The molecule has 1 fully saturated rings. The van der Waals surface area contributed by atoms with Gasteiger partial charge in [-0.25, -0.2) is 0 Å². The molecule has 1 amide bonds. The number of rotatable bonds is 5. The molecule has 3 aromatic rings. The van der Waals surface area contributed by atoms with Gasteiger partial charge in [-0.05, 0) is 23.8 Å². The van der Waals surface area contributed by atoms with E-state index in [2.05, 4.69) is 0 Å². The summed E-state index contributed by atoms with van der Waals surface area (Å²) >= 11 is 0. The summed E-state index contributed by atoms with van der Waals surface area (Å²) in [7, 11) is 1.51. The monoisotopic (exact) mass is 430 g/mol. The highest BCUT2D eigenvalue weighted by atomic mass is 16.6. The first-order chi connectivity index (χ1) is 15.4. The average Bonchev–Trinajstić information content (AvgIpc) is 3.09. The molecule has 32 heavy (non-hydrogen) atoms. The lowest BCUT2D eigenvalue weighted by molar-refractivity contribution is -0.384. The van der Waals surface area contributed by atoms with E-state index >= 15 is 0 Å². The van der Waals surface area contributed by atoms with Crippen LogP contribution in [0.5, 0.6) is 5.75 Å². The van der Waals surface area contributed by atoms with Gasteiger partial charge in [-0.2, -0.15) is 0 Å². The first kappa shape index (κ1) is 20.8. The molecule has 0 spiro atoms. The predicted octanol–water partition coefficient (Wildman–Crippen LogP) is 4.23. The maximum Gasteiger partial charge on any atom is 0.300 e. The minimum absolute atomic E-state index is 0.0992. The van der Waals surface area contributed by atoms with Crippen molar-refractivity contribution in [3.63, 3.8) is 0 Å². The van der Waals surface area contributed by atoms with Crippen LogP contribution in [0.4, 0.5) is 11.4 Å². The summed E-state index contributed by atoms with van der Waals surface area (Å²) in [5.41, 5.74) is 0.769. The summed E-state index contributed by atoms with van der Waals surface area (Å²) in [6.07, 6.45) is 0. The standard InChI is InChI=1S/C24H18N2O6/c1-32-19-12-10-15(11-13-19)21-20(22(27)16-6-3-2-4-7-16)23(28)24(29)25(21)17-8-5-9-18(14-17)26(30)31/h2-14,21,27H,1H3/b22-20+/t21-/m1/s1. The molecule has 0 radical (unpaired) electrons. The van der Waals surface area contributed by atoms with E-state index in [1.54, 1.807) is 54.6 Å². The minimum atomic E-state index is -0.983. The topological polar surface area (TPSA) is 110 Å². The van der Waals surface area contributed by atoms with Crippen LogP contribution < -0.4 is 9.64 Å². The maximum atomic E-state index is 13.1. The normalized spacial score (nSPS) is 17.4. The molecule has 0 aliphatic carbocycles. The van der Waals surface area contributed by atoms with Crippen LogP contribution in [0.1, 0.15) is 17.2 Å². The molecule has 160 valence electrons. The van der Waals surface area contributed by atoms with Crippen LogP contribution in [0.25, 0.3) is 5.76 Å². The highest BCUT2D eigenvalue weighted by Crippen LogP contribution is 2.43. The molecule has 1 N–H and O–H groups in total. The SMILES string of the molecule is COc1ccc([C@@H]2/C(=C(\O)c3ccccc3)C(=O)C(=O)N2c2cccc([N+](=O)[O-])c2)cc1. The number of ketones is 1. The van der Waals surface area contributed by atoms with Crippen molar-refractivity contribution in [3.8, 4) is 5.75 Å². The van der Waals surface area contributed by atoms with E-state index in [0.29, 0.717) is 16.9 Å². The quantitative estimate of drug-likeness (QED) is 0.213. The second kappa shape index (κ2) is 8.35. The summed E-state index contributed by atoms with van der Waals surface area (Å²) in [5, 5.41) is 22.3. The first-order valence-electron chi connectivity index (χ1n) is 9.67. The lowest BCUT2D eigenvalue weighted by Crippen LogP contribution is -2.29. The van der Waals surface area contributed by atoms with Crippen molar-refractivity contribution in [2.45, 2.75) is 6.04 Å². The smallest absolute Gasteiger partial charge is 0.300 e. The molecule has 8 nitrogen and oxygen atoms in total. The summed E-state index contributed by atoms with van der Waals surface area (Å²) in [6, 6.07) is 19.6. The fourth-order valence-electron chi connectivity index (χ4n) is 3.71. The van der Waals surface area contributed by atoms with E-state index in [1.165, 1.54) is 36.3 Å². The Morgan fingerprint density at radius 2 is 1.69 bits per heavy atom. The number of hydrogen-bond donors (Lipinski definition) is 1. The average molecular weight is 430 g/mol. The van der Waals surface area contributed by atoms with E-state index in [1.807, 2.05) is 0 Å². The van der Waals surface area contributed by atoms with Gasteiger partial charge in [0.25, 0.3) is 17.4 Å². The summed E-state index contributed by atoms with van der Waals surface area (Å²) in [6.45, 7) is 0. The van der Waals surface area contributed by atoms with Crippen molar-refractivity contribution in [1.29, 1.82) is 0 Å². The number of aliphatic hydroxyl groups is 1. The van der Waals surface area contributed by atoms with E-state index in [-0.39, 0.29) is 22.7 Å². The van der Waals surface area contributed by atoms with E-state index < -0.39 is 22.7 Å². The van der Waals surface area contributed by atoms with Crippen molar-refractivity contribution in [2.75, 3.05) is 12.0 Å². The van der Waals surface area contributed by atoms with Crippen molar-refractivity contribution in [3.05, 3.63) is 106 Å². The third-order valence-electron chi connectivity index (χ3n) is 5.24. The molecule has 0 aromatic heterocycles. The summed E-state index contributed by atoms with van der Waals surface area (Å²) in [5.74, 6) is -1.51. The Kier molecular flexibility index (Phi) is 5.43. The molecule has 3 aromatic carbocycles. The van der Waals surface area contributed by atoms with Crippen molar-refractivity contribution in [1.82, 2.24) is 0 Å². The number of nitrogens with zero attached hydrogens (tertiary/aromatic N) is 2. The molecule has 1 saturated heterocycles. The Morgan fingerprint density at radius 1 is 1.00 bits per heavy atom. The molecule has 4 rings (SSSR count). The van der Waals surface area contributed by atoms with Crippen molar-refractivity contribution in [2.24, 2.45) is 0 Å². The van der Waals surface area contributed by atoms with Crippen LogP contribution in [0.15, 0.2) is 84.4 Å². The van der Waals surface area contributed by atoms with Gasteiger partial charge in [-0.15, -0.1) is 0 Å². The Labute approximate surface area is 183 Å². The van der Waals surface area contributed by atoms with Crippen LogP contribution in [-0.4, -0.2) is 28.8 Å². The van der Waals surface area contributed by atoms with Crippen LogP contribution in [-0.2, 0) is 9.59 Å². The first-order valence-corrected chi connectivity index (χ1v) is 9.67. The molecular weight excluding hydrogens is 412 g/mol. The van der Waals surface area contributed by atoms with Gasteiger partial charge in [0.05, 0.1) is 29.3 Å². The summed E-state index contributed by atoms with van der Waals surface area (Å²) < 4.78 is 5.19. The number of Topliss-reactive ketones (excluding diaryl/α,β-unsaturated/α-hetero) is 1. The Bertz CT molecular complexity index is 1230. The number of carbonyl (C=O) groups excluding carboxylic acids is 2. The van der Waals surface area contributed by atoms with Gasteiger partial charge >= 0.3 is 0 Å². The molecule has 1 aliphatic rings. The molecule has 8 heteroatoms. The third kappa shape index (κ3) is 3.58. The number of ether oxygens (including phenoxy) is 1. The number of hydrogen-bond acceptors (Lipinski definition) is 6. The fraction of sp³-hybridized carbons (Fsp3) is 0.0833. The Morgan fingerprint density at radius 3 is 2.31 bits per heavy atom. The number of amides is 1. The number of nitro benzene ring substituents is 1. The lowest BCUT2D eigenvalue weighted by Gasteiger charge is -2.25. The number of carbonyl (C=O) groups is 2. The number of non-ortho nitro benzene ring substituents is 1. The second-order valence-electron chi connectivity index (χ2n) is 7.09. The van der Waals surface area contributed by atoms with Crippen molar-refractivity contribution < 1.29 is 24.4 Å². The van der Waals surface area contributed by atoms with Gasteiger partial charge in [0.1, 0.15) is 11.5 Å². The van der Waals surface area contributed by atoms with Gasteiger partial charge in [-0.1, -0.05) is 48.5 Å². The van der Waals surface area contributed by atoms with Crippen LogP contribution in [0.2, 0.25) is 0 Å². The van der Waals surface area contributed by atoms with E-state index in [4.69, 9.17) is 4.74 Å². The fourth-order valence-corrected chi connectivity index (χ4v) is 3.71. The van der Waals surface area contributed by atoms with Crippen LogP contribution in [0, 0.1) is 10.1 Å². The van der Waals surface area contributed by atoms with Gasteiger partial charge < -0.3 is 9.84 Å². The lowest BCUT2D eigenvalue weighted by atomic mass is 9.95. The van der Waals surface area contributed by atoms with E-state index in [0.717, 1.165) is 0 Å². The zero-order valence-electron chi connectivity index (χ0n) is 17.0. The van der Waals surface area contributed by atoms with Crippen LogP contribution in [0.3, 0.4) is 0 Å². The van der Waals surface area contributed by atoms with Gasteiger partial charge in [0.15, 0.2) is 0 Å². The largest absolute Gasteiger partial charge is 0.507 e. The Hall–Kier alpha value is -4.46. The highest BCUT2D eigenvalue weighted by Gasteiger charge is 2.47. The number of methoxy groups -OCH3 is 1. The Balaban J connectivity index is 1.94. The molecule has 1 heterocycles.